The largest absolute Gasteiger partial charge is 0.323 e. The minimum Gasteiger partial charge on any atom is -0.323 e. The van der Waals surface area contributed by atoms with Crippen LogP contribution in [0.1, 0.15) is 30.3 Å². The molecule has 2 heterocycles. The number of amides is 1. The number of carbonyl (C=O) groups excluding carboxylic acids is 1. The van der Waals surface area contributed by atoms with Crippen molar-refractivity contribution in [1.82, 2.24) is 9.55 Å². The van der Waals surface area contributed by atoms with E-state index in [4.69, 9.17) is 11.6 Å². The molecular weight excluding hydrogens is 421 g/mol. The normalized spacial score (nSPS) is 11.4. The van der Waals surface area contributed by atoms with Crippen molar-refractivity contribution in [2.45, 2.75) is 38.9 Å². The maximum absolute atomic E-state index is 13.8. The molecule has 3 aromatic rings. The Labute approximate surface area is 174 Å². The van der Waals surface area contributed by atoms with Crippen LogP contribution in [0.2, 0.25) is 5.02 Å². The summed E-state index contributed by atoms with van der Waals surface area (Å²) in [6.07, 6.45) is 0. The van der Waals surface area contributed by atoms with Gasteiger partial charge in [0.25, 0.3) is 5.56 Å². The number of anilines is 1. The first-order valence-corrected chi connectivity index (χ1v) is 10.8. The third-order valence-electron chi connectivity index (χ3n) is 4.25. The number of aryl methyl sites for hydroxylation is 2. The first-order chi connectivity index (χ1) is 13.2. The van der Waals surface area contributed by atoms with Gasteiger partial charge in [-0.05, 0) is 51.5 Å². The van der Waals surface area contributed by atoms with Gasteiger partial charge in [-0.1, -0.05) is 23.4 Å². The summed E-state index contributed by atoms with van der Waals surface area (Å²) in [6, 6.07) is 3.84. The van der Waals surface area contributed by atoms with E-state index in [9.17, 15) is 14.0 Å². The molecule has 9 heteroatoms. The number of nitrogens with zero attached hydrogens (tertiary/aromatic N) is 2. The quantitative estimate of drug-likeness (QED) is 0.439. The van der Waals surface area contributed by atoms with Crippen molar-refractivity contribution < 1.29 is 9.18 Å². The fourth-order valence-corrected chi connectivity index (χ4v) is 4.93. The summed E-state index contributed by atoms with van der Waals surface area (Å²) < 4.78 is 15.4. The van der Waals surface area contributed by atoms with Gasteiger partial charge in [-0.3, -0.25) is 14.2 Å². The van der Waals surface area contributed by atoms with Crippen LogP contribution in [0, 0.1) is 19.7 Å². The first kappa shape index (κ1) is 20.8. The van der Waals surface area contributed by atoms with Crippen LogP contribution < -0.4 is 10.9 Å². The first-order valence-electron chi connectivity index (χ1n) is 8.59. The van der Waals surface area contributed by atoms with E-state index in [2.05, 4.69) is 10.3 Å². The van der Waals surface area contributed by atoms with E-state index in [0.717, 1.165) is 22.2 Å². The van der Waals surface area contributed by atoms with Crippen LogP contribution in [0.4, 0.5) is 10.1 Å². The molecule has 0 saturated heterocycles. The zero-order valence-corrected chi connectivity index (χ0v) is 18.2. The molecule has 0 atom stereocenters. The molecular formula is C19H19ClFN3O2S2. The molecule has 5 nitrogen and oxygen atoms in total. The van der Waals surface area contributed by atoms with Gasteiger partial charge >= 0.3 is 0 Å². The maximum atomic E-state index is 13.8. The third kappa shape index (κ3) is 4.09. The maximum Gasteiger partial charge on any atom is 0.263 e. The third-order valence-corrected chi connectivity index (χ3v) is 6.54. The number of aromatic nitrogens is 2. The van der Waals surface area contributed by atoms with Gasteiger partial charge in [-0.2, -0.15) is 0 Å². The number of hydrogen-bond donors (Lipinski definition) is 1. The number of thiophene rings is 1. The summed E-state index contributed by atoms with van der Waals surface area (Å²) in [7, 11) is 0. The second-order valence-corrected chi connectivity index (χ2v) is 9.17. The number of carbonyl (C=O) groups is 1. The van der Waals surface area contributed by atoms with Crippen LogP contribution in [0.25, 0.3) is 10.2 Å². The zero-order chi connectivity index (χ0) is 20.6. The van der Waals surface area contributed by atoms with E-state index >= 15 is 0 Å². The second kappa shape index (κ2) is 8.23. The Morgan fingerprint density at radius 3 is 2.79 bits per heavy atom. The molecule has 1 amide bonds. The van der Waals surface area contributed by atoms with Crippen LogP contribution >= 0.6 is 34.7 Å². The molecule has 28 heavy (non-hydrogen) atoms. The number of thioether (sulfide) groups is 1. The van der Waals surface area contributed by atoms with Crippen molar-refractivity contribution >= 4 is 56.5 Å². The zero-order valence-electron chi connectivity index (χ0n) is 15.8. The lowest BCUT2D eigenvalue weighted by atomic mass is 10.2. The highest BCUT2D eigenvalue weighted by Crippen LogP contribution is 2.29. The highest BCUT2D eigenvalue weighted by Gasteiger charge is 2.19. The topological polar surface area (TPSA) is 64.0 Å². The Kier molecular flexibility index (Phi) is 6.12. The molecule has 1 N–H and O–H groups in total. The van der Waals surface area contributed by atoms with Gasteiger partial charge in [0, 0.05) is 15.9 Å². The lowest BCUT2D eigenvalue weighted by molar-refractivity contribution is -0.113. The fraction of sp³-hybridized carbons (Fsp3) is 0.316. The number of rotatable bonds is 5. The number of nitrogens with one attached hydrogen (secondary N) is 1. The van der Waals surface area contributed by atoms with Gasteiger partial charge in [-0.15, -0.1) is 11.3 Å². The van der Waals surface area contributed by atoms with Crippen LogP contribution in [-0.4, -0.2) is 21.2 Å². The highest BCUT2D eigenvalue weighted by molar-refractivity contribution is 7.99. The summed E-state index contributed by atoms with van der Waals surface area (Å²) in [5.41, 5.74) is 0.857. The SMILES string of the molecule is Cc1sc2nc(SCC(=O)Nc3cc(Cl)ccc3F)n(C(C)C)c(=O)c2c1C. The molecule has 0 fully saturated rings. The van der Waals surface area contributed by atoms with Crippen LogP contribution in [0.15, 0.2) is 28.2 Å². The number of benzene rings is 1. The van der Waals surface area contributed by atoms with Crippen molar-refractivity contribution in [3.8, 4) is 0 Å². The lowest BCUT2D eigenvalue weighted by Crippen LogP contribution is -2.25. The van der Waals surface area contributed by atoms with Gasteiger partial charge in [0.2, 0.25) is 5.91 Å². The van der Waals surface area contributed by atoms with E-state index in [1.54, 1.807) is 4.57 Å². The smallest absolute Gasteiger partial charge is 0.263 e. The molecule has 0 saturated carbocycles. The molecule has 2 aromatic heterocycles. The Balaban J connectivity index is 1.87. The van der Waals surface area contributed by atoms with E-state index in [-0.39, 0.29) is 23.0 Å². The number of hydrogen-bond acceptors (Lipinski definition) is 5. The summed E-state index contributed by atoms with van der Waals surface area (Å²) in [5.74, 6) is -0.986. The molecule has 0 unspecified atom stereocenters. The van der Waals surface area contributed by atoms with Gasteiger partial charge in [0.05, 0.1) is 16.8 Å². The molecule has 0 aliphatic heterocycles. The van der Waals surface area contributed by atoms with Crippen molar-refractivity contribution in [1.29, 1.82) is 0 Å². The van der Waals surface area contributed by atoms with Crippen LogP contribution in [0.5, 0.6) is 0 Å². The van der Waals surface area contributed by atoms with Gasteiger partial charge < -0.3 is 5.32 Å². The molecule has 0 spiro atoms. The van der Waals surface area contributed by atoms with E-state index < -0.39 is 11.7 Å². The van der Waals surface area contributed by atoms with E-state index in [1.165, 1.54) is 29.5 Å². The predicted octanol–water partition coefficient (Wildman–Crippen LogP) is 5.18. The predicted molar refractivity (Wildman–Crippen MR) is 115 cm³/mol. The summed E-state index contributed by atoms with van der Waals surface area (Å²) in [4.78, 5) is 31.6. The minimum atomic E-state index is -0.564. The molecule has 0 aliphatic carbocycles. The Hall–Kier alpha value is -1.90. The summed E-state index contributed by atoms with van der Waals surface area (Å²) in [6.45, 7) is 7.67. The number of halogens is 2. The monoisotopic (exact) mass is 439 g/mol. The fourth-order valence-electron chi connectivity index (χ4n) is 2.75. The van der Waals surface area contributed by atoms with E-state index in [1.807, 2.05) is 27.7 Å². The Morgan fingerprint density at radius 2 is 2.11 bits per heavy atom. The average Bonchev–Trinajstić information content (AvgIpc) is 2.90. The molecule has 0 radical (unpaired) electrons. The van der Waals surface area contributed by atoms with E-state index in [0.29, 0.717) is 20.4 Å². The standard InChI is InChI=1S/C19H19ClFN3O2S2/c1-9(2)24-18(26)16-10(3)11(4)28-17(16)23-19(24)27-8-15(25)22-14-7-12(20)5-6-13(14)21/h5-7,9H,8H2,1-4H3,(H,22,25). The van der Waals surface area contributed by atoms with Crippen molar-refractivity contribution in [2.24, 2.45) is 0 Å². The summed E-state index contributed by atoms with van der Waals surface area (Å²) in [5, 5.41) is 3.93. The van der Waals surface area contributed by atoms with Crippen molar-refractivity contribution in [3.63, 3.8) is 0 Å². The van der Waals surface area contributed by atoms with Crippen molar-refractivity contribution in [2.75, 3.05) is 11.1 Å². The Morgan fingerprint density at radius 1 is 1.39 bits per heavy atom. The van der Waals surface area contributed by atoms with Crippen molar-refractivity contribution in [3.05, 3.63) is 49.8 Å². The molecule has 1 aromatic carbocycles. The van der Waals surface area contributed by atoms with Gasteiger partial charge in [-0.25, -0.2) is 9.37 Å². The summed E-state index contributed by atoms with van der Waals surface area (Å²) >= 11 is 8.46. The molecule has 3 rings (SSSR count). The van der Waals surface area contributed by atoms with Crippen LogP contribution in [-0.2, 0) is 4.79 Å². The average molecular weight is 440 g/mol. The molecule has 0 bridgehead atoms. The second-order valence-electron chi connectivity index (χ2n) is 6.59. The molecule has 148 valence electrons. The van der Waals surface area contributed by atoms with Crippen LogP contribution in [0.3, 0.4) is 0 Å². The lowest BCUT2D eigenvalue weighted by Gasteiger charge is -2.15. The minimum absolute atomic E-state index is 0.0139. The highest BCUT2D eigenvalue weighted by atomic mass is 35.5. The van der Waals surface area contributed by atoms with Gasteiger partial charge in [0.15, 0.2) is 5.16 Å². The molecule has 0 aliphatic rings. The Bertz CT molecular complexity index is 1120. The number of fused-ring (bicyclic) bond motifs is 1. The van der Waals surface area contributed by atoms with Gasteiger partial charge in [0.1, 0.15) is 10.6 Å².